The zero-order chi connectivity index (χ0) is 35.1. The highest BCUT2D eigenvalue weighted by atomic mass is 16.6. The van der Waals surface area contributed by atoms with Gasteiger partial charge in [-0.1, -0.05) is 19.8 Å². The summed E-state index contributed by atoms with van der Waals surface area (Å²) in [6.07, 6.45) is 8.19. The number of fused-ring (bicyclic) bond motifs is 2. The van der Waals surface area contributed by atoms with Crippen LogP contribution in [0.4, 0.5) is 27.9 Å². The van der Waals surface area contributed by atoms with Gasteiger partial charge in [0.1, 0.15) is 23.1 Å². The summed E-state index contributed by atoms with van der Waals surface area (Å²) < 4.78 is 11.3. The fourth-order valence-corrected chi connectivity index (χ4v) is 8.36. The molecule has 2 aliphatic heterocycles. The van der Waals surface area contributed by atoms with Crippen molar-refractivity contribution >= 4 is 41.0 Å². The number of likely N-dealkylation sites (N-methyl/N-ethyl adjacent to an activating group) is 1. The number of benzene rings is 1. The van der Waals surface area contributed by atoms with Gasteiger partial charge >= 0.3 is 6.09 Å². The number of likely N-dealkylation sites (tertiary alicyclic amines) is 1. The first-order valence-electron chi connectivity index (χ1n) is 17.6. The van der Waals surface area contributed by atoms with Crippen LogP contribution in [-0.2, 0) is 9.53 Å². The second kappa shape index (κ2) is 13.6. The minimum atomic E-state index is -0.571. The first-order valence-corrected chi connectivity index (χ1v) is 17.6. The van der Waals surface area contributed by atoms with Crippen molar-refractivity contribution in [2.75, 3.05) is 49.0 Å². The number of nitrogens with zero attached hydrogens (tertiary/aromatic N) is 5. The van der Waals surface area contributed by atoms with Crippen LogP contribution < -0.4 is 25.2 Å². The number of ether oxygens (including phenoxy) is 2. The van der Waals surface area contributed by atoms with E-state index in [1.807, 2.05) is 27.7 Å². The highest BCUT2D eigenvalue weighted by Crippen LogP contribution is 2.46. The Morgan fingerprint density at radius 2 is 1.82 bits per heavy atom. The van der Waals surface area contributed by atoms with Gasteiger partial charge in [-0.3, -0.25) is 9.59 Å². The van der Waals surface area contributed by atoms with E-state index in [2.05, 4.69) is 20.5 Å². The number of aliphatic hydroxyl groups excluding tert-OH is 1. The number of methoxy groups -OCH3 is 1. The lowest BCUT2D eigenvalue weighted by Crippen LogP contribution is -2.55. The summed E-state index contributed by atoms with van der Waals surface area (Å²) in [6.45, 7) is 8.71. The van der Waals surface area contributed by atoms with Crippen molar-refractivity contribution < 1.29 is 29.0 Å². The van der Waals surface area contributed by atoms with Crippen LogP contribution in [0.3, 0.4) is 0 Å². The molecule has 4 aliphatic rings. The molecule has 2 saturated carbocycles. The van der Waals surface area contributed by atoms with E-state index in [1.54, 1.807) is 48.4 Å². The molecular weight excluding hydrogens is 626 g/mol. The molecule has 2 aromatic rings. The average Bonchev–Trinajstić information content (AvgIpc) is 3.79. The van der Waals surface area contributed by atoms with Gasteiger partial charge in [0.15, 0.2) is 5.82 Å². The van der Waals surface area contributed by atoms with E-state index < -0.39 is 11.1 Å². The summed E-state index contributed by atoms with van der Waals surface area (Å²) in [5, 5.41) is 16.5. The highest BCUT2D eigenvalue weighted by molar-refractivity contribution is 6.04. The van der Waals surface area contributed by atoms with E-state index >= 15 is 0 Å². The predicted molar refractivity (Wildman–Crippen MR) is 186 cm³/mol. The van der Waals surface area contributed by atoms with E-state index in [0.29, 0.717) is 67.4 Å². The lowest BCUT2D eigenvalue weighted by Gasteiger charge is -2.43. The van der Waals surface area contributed by atoms with Crippen LogP contribution in [0.5, 0.6) is 5.75 Å². The second-order valence-corrected chi connectivity index (χ2v) is 15.1. The third kappa shape index (κ3) is 6.99. The molecular formula is C36H51N7O6. The maximum Gasteiger partial charge on any atom is 0.410 e. The summed E-state index contributed by atoms with van der Waals surface area (Å²) in [4.78, 5) is 54.7. The third-order valence-corrected chi connectivity index (χ3v) is 10.6. The highest BCUT2D eigenvalue weighted by Gasteiger charge is 2.51. The van der Waals surface area contributed by atoms with Crippen LogP contribution in [0.1, 0.15) is 89.4 Å². The fourth-order valence-electron chi connectivity index (χ4n) is 8.36. The van der Waals surface area contributed by atoms with Crippen molar-refractivity contribution in [3.05, 3.63) is 30.0 Å². The number of rotatable bonds is 9. The van der Waals surface area contributed by atoms with E-state index in [-0.39, 0.29) is 48.4 Å². The van der Waals surface area contributed by atoms with Crippen LogP contribution in [0.15, 0.2) is 24.4 Å². The van der Waals surface area contributed by atoms with Gasteiger partial charge in [0.05, 0.1) is 19.0 Å². The van der Waals surface area contributed by atoms with Gasteiger partial charge in [-0.05, 0) is 89.3 Å². The number of aliphatic hydroxyl groups is 1. The number of nitrogens with one attached hydrogen (secondary N) is 2. The Morgan fingerprint density at radius 1 is 1.12 bits per heavy atom. The molecule has 2 aliphatic carbocycles. The van der Waals surface area contributed by atoms with Gasteiger partial charge in [-0.15, -0.1) is 0 Å². The molecule has 2 unspecified atom stereocenters. The largest absolute Gasteiger partial charge is 0.495 e. The minimum absolute atomic E-state index is 0.0520. The zero-order valence-corrected chi connectivity index (χ0v) is 29.6. The number of aromatic nitrogens is 2. The van der Waals surface area contributed by atoms with E-state index in [0.717, 1.165) is 31.5 Å². The Kier molecular flexibility index (Phi) is 9.67. The van der Waals surface area contributed by atoms with Crippen molar-refractivity contribution in [3.8, 4) is 5.75 Å². The number of anilines is 4. The number of hydrogen-bond donors (Lipinski definition) is 3. The molecule has 4 atom stereocenters. The van der Waals surface area contributed by atoms with Crippen LogP contribution in [0.25, 0.3) is 0 Å². The summed E-state index contributed by atoms with van der Waals surface area (Å²) in [5.74, 6) is 1.81. The van der Waals surface area contributed by atoms with Crippen LogP contribution >= 0.6 is 0 Å². The molecule has 1 saturated heterocycles. The van der Waals surface area contributed by atoms with E-state index in [9.17, 15) is 19.5 Å². The van der Waals surface area contributed by atoms with Gasteiger partial charge in [-0.2, -0.15) is 4.98 Å². The van der Waals surface area contributed by atoms with E-state index in [1.165, 1.54) is 0 Å². The standard InChI is InChI=1S/C36H51N7O6/c1-7-27-32(46)41(5)28-19-37-33(39-30(28)43(27)25-10-8-9-11-25)38-26-13-12-22(16-29(26)48-6)31(45)40-36(14-15-44)17-23-20-42(21-24(23)18-36)34(47)49-35(2,3)4/h12-13,16,19,23-25,27,44H,7-11,14-15,17-18,20-21H2,1-6H3,(H,40,45)(H,37,38,39)/t23-,24+,27?,36?. The van der Waals surface area contributed by atoms with Gasteiger partial charge in [-0.25, -0.2) is 9.78 Å². The first-order chi connectivity index (χ1) is 23.3. The monoisotopic (exact) mass is 677 g/mol. The van der Waals surface area contributed by atoms with Crippen LogP contribution in [0, 0.1) is 11.8 Å². The van der Waals surface area contributed by atoms with Crippen molar-refractivity contribution in [2.24, 2.45) is 11.8 Å². The molecule has 49 heavy (non-hydrogen) atoms. The molecule has 3 fully saturated rings. The van der Waals surface area contributed by atoms with Crippen molar-refractivity contribution in [3.63, 3.8) is 0 Å². The molecule has 3 amide bonds. The van der Waals surface area contributed by atoms with Crippen molar-refractivity contribution in [1.29, 1.82) is 0 Å². The second-order valence-electron chi connectivity index (χ2n) is 15.1. The third-order valence-electron chi connectivity index (χ3n) is 10.6. The number of carbonyl (C=O) groups is 3. The Labute approximate surface area is 288 Å². The Morgan fingerprint density at radius 3 is 2.43 bits per heavy atom. The number of amides is 3. The molecule has 3 heterocycles. The molecule has 13 nitrogen and oxygen atoms in total. The summed E-state index contributed by atoms with van der Waals surface area (Å²) >= 11 is 0. The summed E-state index contributed by atoms with van der Waals surface area (Å²) in [7, 11) is 3.33. The molecule has 1 aromatic heterocycles. The Hall–Kier alpha value is -4.13. The molecule has 3 N–H and O–H groups in total. The maximum absolute atomic E-state index is 13.7. The molecule has 0 radical (unpaired) electrons. The topological polar surface area (TPSA) is 149 Å². The van der Waals surface area contributed by atoms with Gasteiger partial charge in [0.25, 0.3) is 5.91 Å². The van der Waals surface area contributed by atoms with Gasteiger partial charge in [0.2, 0.25) is 11.9 Å². The van der Waals surface area contributed by atoms with Crippen molar-refractivity contribution in [1.82, 2.24) is 20.2 Å². The van der Waals surface area contributed by atoms with Gasteiger partial charge in [0, 0.05) is 43.9 Å². The lowest BCUT2D eigenvalue weighted by molar-refractivity contribution is -0.120. The predicted octanol–water partition coefficient (Wildman–Crippen LogP) is 4.86. The molecule has 1 aromatic carbocycles. The quantitative estimate of drug-likeness (QED) is 0.336. The molecule has 0 bridgehead atoms. The first kappa shape index (κ1) is 34.7. The van der Waals surface area contributed by atoms with Crippen molar-refractivity contribution in [2.45, 2.75) is 102 Å². The van der Waals surface area contributed by atoms with E-state index in [4.69, 9.17) is 14.5 Å². The molecule has 266 valence electrons. The smallest absolute Gasteiger partial charge is 0.410 e. The average molecular weight is 678 g/mol. The molecule has 13 heteroatoms. The van der Waals surface area contributed by atoms with Crippen LogP contribution in [-0.4, -0.2) is 95.0 Å². The number of hydrogen-bond acceptors (Lipinski definition) is 10. The van der Waals surface area contributed by atoms with Crippen LogP contribution in [0.2, 0.25) is 0 Å². The fraction of sp³-hybridized carbons (Fsp3) is 0.639. The lowest BCUT2D eigenvalue weighted by atomic mass is 9.90. The van der Waals surface area contributed by atoms with Gasteiger partial charge < -0.3 is 39.9 Å². The summed E-state index contributed by atoms with van der Waals surface area (Å²) in [6, 6.07) is 5.18. The Bertz CT molecular complexity index is 1560. The maximum atomic E-state index is 13.7. The number of carbonyl (C=O) groups excluding carboxylic acids is 3. The summed E-state index contributed by atoms with van der Waals surface area (Å²) in [5.41, 5.74) is 0.587. The Balaban J connectivity index is 1.17. The molecule has 6 rings (SSSR count). The minimum Gasteiger partial charge on any atom is -0.495 e. The zero-order valence-electron chi connectivity index (χ0n) is 29.6. The normalized spacial score (nSPS) is 25.3. The SMILES string of the molecule is CCC1C(=O)N(C)c2cnc(Nc3ccc(C(=O)NC4(CCO)C[C@H]5CN(C(=O)OC(C)(C)C)C[C@H]5C4)cc3OC)nc2N1C1CCCC1. The molecule has 0 spiro atoms.